The molecule has 0 unspecified atom stereocenters. The minimum atomic E-state index is -3.94. The predicted molar refractivity (Wildman–Crippen MR) is 107 cm³/mol. The molecule has 2 N–H and O–H groups in total. The van der Waals surface area contributed by atoms with E-state index in [1.165, 1.54) is 20.8 Å². The zero-order chi connectivity index (χ0) is 20.5. The Morgan fingerprint density at radius 1 is 1.25 bits per heavy atom. The lowest BCUT2D eigenvalue weighted by molar-refractivity contribution is -0.117. The number of anilines is 1. The summed E-state index contributed by atoms with van der Waals surface area (Å²) in [6.07, 6.45) is 0. The summed E-state index contributed by atoms with van der Waals surface area (Å²) < 4.78 is 32.4. The summed E-state index contributed by atoms with van der Waals surface area (Å²) in [4.78, 5) is 16.9. The second kappa shape index (κ2) is 7.82. The summed E-state index contributed by atoms with van der Waals surface area (Å²) in [5, 5.41) is 9.26. The van der Waals surface area contributed by atoms with Crippen LogP contribution in [0, 0.1) is 20.8 Å². The zero-order valence-corrected chi connectivity index (χ0v) is 17.4. The molecule has 3 aromatic rings. The fourth-order valence-corrected chi connectivity index (χ4v) is 4.86. The number of nitrogens with one attached hydrogen (secondary N) is 2. The van der Waals surface area contributed by atoms with Gasteiger partial charge in [-0.1, -0.05) is 17.3 Å². The Labute approximate surface area is 167 Å². The molecule has 148 valence electrons. The lowest BCUT2D eigenvalue weighted by atomic mass is 10.1. The molecule has 0 radical (unpaired) electrons. The highest BCUT2D eigenvalue weighted by molar-refractivity contribution is 7.89. The number of rotatable bonds is 6. The SMILES string of the molecule is Cc1nc(-c2cccc(NC(=O)[C@@H](C)NS(=O)(=O)c3c(C)noc3C)c2)cs1. The second-order valence-corrected chi connectivity index (χ2v) is 9.03. The smallest absolute Gasteiger partial charge is 0.246 e. The standard InChI is InChI=1S/C18H20N4O4S2/c1-10-17(12(3)26-21-10)28(24,25)22-11(2)18(23)20-15-7-5-6-14(8-15)16-9-27-13(4)19-16/h5-9,11,22H,1-4H3,(H,20,23)/t11-/m1/s1. The molecule has 0 spiro atoms. The fourth-order valence-electron chi connectivity index (χ4n) is 2.71. The number of hydrogen-bond donors (Lipinski definition) is 2. The summed E-state index contributed by atoms with van der Waals surface area (Å²) in [6, 6.07) is 6.23. The van der Waals surface area contributed by atoms with Crippen LogP contribution >= 0.6 is 11.3 Å². The highest BCUT2D eigenvalue weighted by atomic mass is 32.2. The number of hydrogen-bond acceptors (Lipinski definition) is 7. The van der Waals surface area contributed by atoms with Gasteiger partial charge in [0.25, 0.3) is 0 Å². The maximum Gasteiger partial charge on any atom is 0.246 e. The van der Waals surface area contributed by atoms with Crippen molar-refractivity contribution in [2.45, 2.75) is 38.6 Å². The maximum atomic E-state index is 12.5. The van der Waals surface area contributed by atoms with E-state index in [0.29, 0.717) is 5.69 Å². The van der Waals surface area contributed by atoms with Crippen molar-refractivity contribution in [2.24, 2.45) is 0 Å². The van der Waals surface area contributed by atoms with E-state index in [2.05, 4.69) is 20.2 Å². The van der Waals surface area contributed by atoms with Crippen LogP contribution in [0.25, 0.3) is 11.3 Å². The Morgan fingerprint density at radius 2 is 2.00 bits per heavy atom. The van der Waals surface area contributed by atoms with Gasteiger partial charge in [0.15, 0.2) is 5.76 Å². The van der Waals surface area contributed by atoms with Crippen molar-refractivity contribution in [1.29, 1.82) is 0 Å². The van der Waals surface area contributed by atoms with Crippen molar-refractivity contribution in [1.82, 2.24) is 14.9 Å². The van der Waals surface area contributed by atoms with E-state index < -0.39 is 22.0 Å². The summed E-state index contributed by atoms with van der Waals surface area (Å²) in [5.41, 5.74) is 2.48. The molecule has 3 rings (SSSR count). The number of aromatic nitrogens is 2. The van der Waals surface area contributed by atoms with Crippen LogP contribution in [0.1, 0.15) is 23.4 Å². The number of aryl methyl sites for hydroxylation is 3. The van der Waals surface area contributed by atoms with E-state index in [-0.39, 0.29) is 16.3 Å². The van der Waals surface area contributed by atoms with Crippen molar-refractivity contribution in [3.63, 3.8) is 0 Å². The Kier molecular flexibility index (Phi) is 5.64. The molecule has 1 aromatic carbocycles. The van der Waals surface area contributed by atoms with E-state index in [1.54, 1.807) is 29.5 Å². The van der Waals surface area contributed by atoms with E-state index in [4.69, 9.17) is 4.52 Å². The first kappa shape index (κ1) is 20.2. The van der Waals surface area contributed by atoms with Crippen LogP contribution in [0.4, 0.5) is 5.69 Å². The van der Waals surface area contributed by atoms with Crippen LogP contribution in [-0.4, -0.2) is 30.5 Å². The first-order chi connectivity index (χ1) is 13.2. The van der Waals surface area contributed by atoms with Crippen molar-refractivity contribution < 1.29 is 17.7 Å². The Morgan fingerprint density at radius 3 is 2.61 bits per heavy atom. The number of thiazole rings is 1. The van der Waals surface area contributed by atoms with Gasteiger partial charge in [-0.05, 0) is 39.8 Å². The molecule has 0 fully saturated rings. The third-order valence-electron chi connectivity index (χ3n) is 4.01. The van der Waals surface area contributed by atoms with Gasteiger partial charge in [-0.2, -0.15) is 4.72 Å². The van der Waals surface area contributed by atoms with Crippen LogP contribution in [0.2, 0.25) is 0 Å². The second-order valence-electron chi connectivity index (χ2n) is 6.32. The third-order valence-corrected chi connectivity index (χ3v) is 6.56. The Balaban J connectivity index is 1.73. The van der Waals surface area contributed by atoms with Gasteiger partial charge < -0.3 is 9.84 Å². The molecule has 28 heavy (non-hydrogen) atoms. The quantitative estimate of drug-likeness (QED) is 0.633. The molecule has 10 heteroatoms. The molecule has 1 atom stereocenters. The molecule has 1 amide bonds. The predicted octanol–water partition coefficient (Wildman–Crippen LogP) is 3.03. The van der Waals surface area contributed by atoms with E-state index in [9.17, 15) is 13.2 Å². The number of amides is 1. The van der Waals surface area contributed by atoms with Gasteiger partial charge in [0, 0.05) is 16.6 Å². The summed E-state index contributed by atoms with van der Waals surface area (Å²) in [5.74, 6) is -0.314. The van der Waals surface area contributed by atoms with Crippen molar-refractivity contribution in [3.05, 3.63) is 46.1 Å². The minimum Gasteiger partial charge on any atom is -0.360 e. The molecule has 0 saturated carbocycles. The van der Waals surface area contributed by atoms with Crippen LogP contribution in [-0.2, 0) is 14.8 Å². The normalized spacial score (nSPS) is 12.7. The zero-order valence-electron chi connectivity index (χ0n) is 15.8. The topological polar surface area (TPSA) is 114 Å². The molecule has 2 aromatic heterocycles. The molecule has 8 nitrogen and oxygen atoms in total. The van der Waals surface area contributed by atoms with Gasteiger partial charge in [-0.3, -0.25) is 4.79 Å². The number of sulfonamides is 1. The van der Waals surface area contributed by atoms with Gasteiger partial charge in [-0.25, -0.2) is 13.4 Å². The summed E-state index contributed by atoms with van der Waals surface area (Å²) in [6.45, 7) is 6.43. The first-order valence-electron chi connectivity index (χ1n) is 8.46. The van der Waals surface area contributed by atoms with Crippen LogP contribution in [0.3, 0.4) is 0 Å². The number of benzene rings is 1. The lowest BCUT2D eigenvalue weighted by Crippen LogP contribution is -2.41. The number of carbonyl (C=O) groups is 1. The third kappa shape index (κ3) is 4.29. The Hall–Kier alpha value is -2.56. The highest BCUT2D eigenvalue weighted by Crippen LogP contribution is 2.24. The fraction of sp³-hybridized carbons (Fsp3) is 0.278. The average molecular weight is 421 g/mol. The molecular weight excluding hydrogens is 400 g/mol. The van der Waals surface area contributed by atoms with Gasteiger partial charge in [0.05, 0.1) is 16.7 Å². The molecule has 0 bridgehead atoms. The molecular formula is C18H20N4O4S2. The minimum absolute atomic E-state index is 0.0481. The monoisotopic (exact) mass is 420 g/mol. The van der Waals surface area contributed by atoms with Crippen molar-refractivity contribution in [3.8, 4) is 11.3 Å². The highest BCUT2D eigenvalue weighted by Gasteiger charge is 2.28. The van der Waals surface area contributed by atoms with Crippen LogP contribution < -0.4 is 10.0 Å². The number of nitrogens with zero attached hydrogens (tertiary/aromatic N) is 2. The van der Waals surface area contributed by atoms with Gasteiger partial charge in [-0.15, -0.1) is 11.3 Å². The molecule has 0 aliphatic rings. The summed E-state index contributed by atoms with van der Waals surface area (Å²) in [7, 11) is -3.94. The number of carbonyl (C=O) groups excluding carboxylic acids is 1. The molecule has 0 saturated heterocycles. The first-order valence-corrected chi connectivity index (χ1v) is 10.8. The van der Waals surface area contributed by atoms with Crippen molar-refractivity contribution in [2.75, 3.05) is 5.32 Å². The van der Waals surface area contributed by atoms with Crippen LogP contribution in [0.15, 0.2) is 39.1 Å². The Bertz CT molecular complexity index is 1100. The summed E-state index contributed by atoms with van der Waals surface area (Å²) >= 11 is 1.54. The maximum absolute atomic E-state index is 12.5. The van der Waals surface area contributed by atoms with Gasteiger partial charge in [0.2, 0.25) is 15.9 Å². The van der Waals surface area contributed by atoms with E-state index in [0.717, 1.165) is 16.3 Å². The average Bonchev–Trinajstić information content (AvgIpc) is 3.20. The van der Waals surface area contributed by atoms with Crippen molar-refractivity contribution >= 4 is 33.0 Å². The molecule has 0 aliphatic heterocycles. The van der Waals surface area contributed by atoms with Gasteiger partial charge >= 0.3 is 0 Å². The van der Waals surface area contributed by atoms with E-state index >= 15 is 0 Å². The molecule has 2 heterocycles. The lowest BCUT2D eigenvalue weighted by Gasteiger charge is -2.14. The van der Waals surface area contributed by atoms with Gasteiger partial charge in [0.1, 0.15) is 10.6 Å². The molecule has 0 aliphatic carbocycles. The van der Waals surface area contributed by atoms with Crippen LogP contribution in [0.5, 0.6) is 0 Å². The van der Waals surface area contributed by atoms with E-state index in [1.807, 2.05) is 18.4 Å². The largest absolute Gasteiger partial charge is 0.360 e.